The molecule has 2 N–H and O–H groups in total. The number of nitrogens with two attached hydrogens (primary N) is 1. The minimum atomic E-state index is -2.57. The van der Waals surface area contributed by atoms with Crippen molar-refractivity contribution < 1.29 is 8.78 Å². The molecule has 7 heteroatoms. The fourth-order valence-electron chi connectivity index (χ4n) is 1.65. The number of aromatic nitrogens is 2. The average Bonchev–Trinajstić information content (AvgIpc) is 2.15. The Kier molecular flexibility index (Phi) is 2.84. The zero-order valence-electron chi connectivity index (χ0n) is 8.46. The first-order chi connectivity index (χ1) is 7.46. The van der Waals surface area contributed by atoms with Crippen LogP contribution < -0.4 is 10.6 Å². The topological polar surface area (TPSA) is 55.0 Å². The van der Waals surface area contributed by atoms with Gasteiger partial charge >= 0.3 is 0 Å². The van der Waals surface area contributed by atoms with Crippen molar-refractivity contribution in [3.63, 3.8) is 0 Å². The first kappa shape index (κ1) is 11.3. The van der Waals surface area contributed by atoms with Crippen LogP contribution in [-0.4, -0.2) is 29.0 Å². The molecule has 1 fully saturated rings. The molecule has 0 bridgehead atoms. The highest BCUT2D eigenvalue weighted by atomic mass is 35.5. The van der Waals surface area contributed by atoms with Crippen molar-refractivity contribution in [2.75, 3.05) is 23.7 Å². The van der Waals surface area contributed by atoms with Gasteiger partial charge in [0.05, 0.1) is 0 Å². The van der Waals surface area contributed by atoms with Gasteiger partial charge < -0.3 is 10.6 Å². The van der Waals surface area contributed by atoms with E-state index in [4.69, 9.17) is 17.3 Å². The second kappa shape index (κ2) is 4.01. The third kappa shape index (κ3) is 2.49. The number of anilines is 2. The van der Waals surface area contributed by atoms with E-state index in [1.54, 1.807) is 4.90 Å². The lowest BCUT2D eigenvalue weighted by Crippen LogP contribution is -2.39. The standard InChI is InChI=1S/C9H11ClF2N4/c10-6-5-7(15-8(13)14-6)16-3-1-9(11,12)2-4-16/h5H,1-4H2,(H2,13,14,15). The molecule has 0 unspecified atom stereocenters. The maximum absolute atomic E-state index is 12.9. The molecule has 1 aliphatic rings. The maximum Gasteiger partial charge on any atom is 0.251 e. The van der Waals surface area contributed by atoms with Crippen molar-refractivity contribution in [3.05, 3.63) is 11.2 Å². The molecule has 4 nitrogen and oxygen atoms in total. The van der Waals surface area contributed by atoms with E-state index in [0.29, 0.717) is 5.82 Å². The molecule has 0 aliphatic carbocycles. The van der Waals surface area contributed by atoms with Crippen LogP contribution in [0.5, 0.6) is 0 Å². The molecule has 0 amide bonds. The van der Waals surface area contributed by atoms with Crippen LogP contribution >= 0.6 is 11.6 Å². The van der Waals surface area contributed by atoms with Crippen LogP contribution in [0.2, 0.25) is 5.15 Å². The summed E-state index contributed by atoms with van der Waals surface area (Å²) in [4.78, 5) is 9.42. The van der Waals surface area contributed by atoms with E-state index in [1.807, 2.05) is 0 Å². The largest absolute Gasteiger partial charge is 0.368 e. The van der Waals surface area contributed by atoms with Gasteiger partial charge in [-0.05, 0) is 0 Å². The molecule has 0 aromatic carbocycles. The predicted octanol–water partition coefficient (Wildman–Crippen LogP) is 1.95. The van der Waals surface area contributed by atoms with Gasteiger partial charge in [-0.3, -0.25) is 0 Å². The predicted molar refractivity (Wildman–Crippen MR) is 57.8 cm³/mol. The van der Waals surface area contributed by atoms with Crippen molar-refractivity contribution in [1.29, 1.82) is 0 Å². The molecular weight excluding hydrogens is 238 g/mol. The third-order valence-electron chi connectivity index (χ3n) is 2.52. The van der Waals surface area contributed by atoms with Crippen LogP contribution in [0.4, 0.5) is 20.5 Å². The first-order valence-electron chi connectivity index (χ1n) is 4.89. The van der Waals surface area contributed by atoms with Gasteiger partial charge in [0.2, 0.25) is 5.95 Å². The lowest BCUT2D eigenvalue weighted by atomic mass is 10.1. The van der Waals surface area contributed by atoms with Crippen molar-refractivity contribution in [2.45, 2.75) is 18.8 Å². The smallest absolute Gasteiger partial charge is 0.251 e. The molecule has 0 atom stereocenters. The minimum Gasteiger partial charge on any atom is -0.368 e. The van der Waals surface area contributed by atoms with E-state index in [9.17, 15) is 8.78 Å². The molecule has 1 aromatic rings. The van der Waals surface area contributed by atoms with Crippen LogP contribution in [0.1, 0.15) is 12.8 Å². The van der Waals surface area contributed by atoms with E-state index in [0.717, 1.165) is 0 Å². The molecule has 2 rings (SSSR count). The van der Waals surface area contributed by atoms with Crippen LogP contribution in [0, 0.1) is 0 Å². The first-order valence-corrected chi connectivity index (χ1v) is 5.27. The number of nitrogens with zero attached hydrogens (tertiary/aromatic N) is 3. The van der Waals surface area contributed by atoms with Crippen LogP contribution in [0.15, 0.2) is 6.07 Å². The summed E-state index contributed by atoms with van der Waals surface area (Å²) in [7, 11) is 0. The van der Waals surface area contributed by atoms with E-state index in [2.05, 4.69) is 9.97 Å². The molecule has 16 heavy (non-hydrogen) atoms. The summed E-state index contributed by atoms with van der Waals surface area (Å²) in [6.07, 6.45) is -0.344. The molecule has 0 saturated carbocycles. The van der Waals surface area contributed by atoms with Crippen LogP contribution in [-0.2, 0) is 0 Å². The van der Waals surface area contributed by atoms with Gasteiger partial charge in [0, 0.05) is 32.0 Å². The van der Waals surface area contributed by atoms with Gasteiger partial charge in [-0.25, -0.2) is 13.8 Å². The van der Waals surface area contributed by atoms with Crippen molar-refractivity contribution >= 4 is 23.4 Å². The lowest BCUT2D eigenvalue weighted by molar-refractivity contribution is -0.0221. The number of halogens is 3. The van der Waals surface area contributed by atoms with Gasteiger partial charge in [0.15, 0.2) is 0 Å². The lowest BCUT2D eigenvalue weighted by Gasteiger charge is -2.32. The quantitative estimate of drug-likeness (QED) is 0.772. The van der Waals surface area contributed by atoms with E-state index in [1.165, 1.54) is 6.07 Å². The molecule has 1 aromatic heterocycles. The molecule has 0 radical (unpaired) electrons. The number of piperidine rings is 1. The molecule has 88 valence electrons. The van der Waals surface area contributed by atoms with Crippen molar-refractivity contribution in [2.24, 2.45) is 0 Å². The van der Waals surface area contributed by atoms with E-state index >= 15 is 0 Å². The monoisotopic (exact) mass is 248 g/mol. The van der Waals surface area contributed by atoms with Gasteiger partial charge in [0.1, 0.15) is 11.0 Å². The van der Waals surface area contributed by atoms with Gasteiger partial charge in [0.25, 0.3) is 5.92 Å². The van der Waals surface area contributed by atoms with Crippen molar-refractivity contribution in [3.8, 4) is 0 Å². The second-order valence-corrected chi connectivity index (χ2v) is 4.14. The van der Waals surface area contributed by atoms with Crippen LogP contribution in [0.3, 0.4) is 0 Å². The maximum atomic E-state index is 12.9. The summed E-state index contributed by atoms with van der Waals surface area (Å²) in [5, 5.41) is 0.222. The summed E-state index contributed by atoms with van der Waals surface area (Å²) in [6, 6.07) is 1.53. The van der Waals surface area contributed by atoms with E-state index < -0.39 is 5.92 Å². The fourth-order valence-corrected chi connectivity index (χ4v) is 1.83. The summed E-state index contributed by atoms with van der Waals surface area (Å²) in [5.74, 6) is -2.01. The average molecular weight is 249 g/mol. The Bertz CT molecular complexity index is 369. The highest BCUT2D eigenvalue weighted by molar-refractivity contribution is 6.29. The molecule has 1 aliphatic heterocycles. The summed E-state index contributed by atoms with van der Waals surface area (Å²) in [6.45, 7) is 0.500. The zero-order valence-corrected chi connectivity index (χ0v) is 9.21. The SMILES string of the molecule is Nc1nc(Cl)cc(N2CCC(F)(F)CC2)n1. The normalized spacial score (nSPS) is 19.8. The Morgan fingerprint density at radius 3 is 2.50 bits per heavy atom. The number of nitrogen functional groups attached to an aromatic ring is 1. The fraction of sp³-hybridized carbons (Fsp3) is 0.556. The molecular formula is C9H11ClF2N4. The summed E-state index contributed by atoms with van der Waals surface area (Å²) >= 11 is 5.72. The highest BCUT2D eigenvalue weighted by Gasteiger charge is 2.34. The Morgan fingerprint density at radius 2 is 1.94 bits per heavy atom. The number of hydrogen-bond acceptors (Lipinski definition) is 4. The summed E-state index contributed by atoms with van der Waals surface area (Å²) < 4.78 is 25.9. The van der Waals surface area contributed by atoms with Gasteiger partial charge in [-0.2, -0.15) is 4.98 Å². The Labute approximate surface area is 96.4 Å². The van der Waals surface area contributed by atoms with E-state index in [-0.39, 0.29) is 37.0 Å². The van der Waals surface area contributed by atoms with Gasteiger partial charge in [-0.15, -0.1) is 0 Å². The number of hydrogen-bond donors (Lipinski definition) is 1. The minimum absolute atomic E-state index is 0.0554. The second-order valence-electron chi connectivity index (χ2n) is 3.75. The van der Waals surface area contributed by atoms with Crippen LogP contribution in [0.25, 0.3) is 0 Å². The third-order valence-corrected chi connectivity index (χ3v) is 2.71. The number of rotatable bonds is 1. The molecule has 0 spiro atoms. The molecule has 2 heterocycles. The zero-order chi connectivity index (χ0) is 11.8. The highest BCUT2D eigenvalue weighted by Crippen LogP contribution is 2.30. The Hall–Kier alpha value is -1.17. The molecule has 1 saturated heterocycles. The number of alkyl halides is 2. The Balaban J connectivity index is 2.14. The van der Waals surface area contributed by atoms with Crippen molar-refractivity contribution in [1.82, 2.24) is 9.97 Å². The van der Waals surface area contributed by atoms with Gasteiger partial charge in [-0.1, -0.05) is 11.6 Å². The Morgan fingerprint density at radius 1 is 1.31 bits per heavy atom. The summed E-state index contributed by atoms with van der Waals surface area (Å²) in [5.41, 5.74) is 5.44.